The Hall–Kier alpha value is -3.62. The van der Waals surface area contributed by atoms with Gasteiger partial charge in [-0.1, -0.05) is 0 Å². The summed E-state index contributed by atoms with van der Waals surface area (Å²) in [6.45, 7) is 0. The molecular formula is C16H15N3O6. The van der Waals surface area contributed by atoms with E-state index in [4.69, 9.17) is 9.47 Å². The first kappa shape index (κ1) is 17.7. The van der Waals surface area contributed by atoms with Crippen molar-refractivity contribution in [3.05, 3.63) is 57.6 Å². The van der Waals surface area contributed by atoms with E-state index in [-0.39, 0.29) is 11.3 Å². The molecule has 9 heteroatoms. The van der Waals surface area contributed by atoms with Crippen molar-refractivity contribution in [1.29, 1.82) is 0 Å². The quantitative estimate of drug-likeness (QED) is 0.469. The summed E-state index contributed by atoms with van der Waals surface area (Å²) < 4.78 is 9.88. The normalized spacial score (nSPS) is 10.5. The fraction of sp³-hybridized carbons (Fsp3) is 0.125. The van der Waals surface area contributed by atoms with Gasteiger partial charge in [0.25, 0.3) is 5.91 Å². The fourth-order valence-corrected chi connectivity index (χ4v) is 1.96. The van der Waals surface area contributed by atoms with Crippen molar-refractivity contribution in [3.8, 4) is 17.2 Å². The van der Waals surface area contributed by atoms with Gasteiger partial charge in [0.15, 0.2) is 5.75 Å². The number of nitro groups is 1. The van der Waals surface area contributed by atoms with Crippen LogP contribution in [0, 0.1) is 10.1 Å². The highest BCUT2D eigenvalue weighted by Gasteiger charge is 2.19. The molecule has 0 aliphatic carbocycles. The van der Waals surface area contributed by atoms with Gasteiger partial charge in [0.2, 0.25) is 5.75 Å². The average Bonchev–Trinajstić information content (AvgIpc) is 2.62. The van der Waals surface area contributed by atoms with Gasteiger partial charge in [-0.15, -0.1) is 0 Å². The molecule has 0 atom stereocenters. The number of carbonyl (C=O) groups is 1. The van der Waals surface area contributed by atoms with Crippen molar-refractivity contribution in [3.63, 3.8) is 0 Å². The molecule has 2 aromatic rings. The molecule has 0 saturated carbocycles. The predicted octanol–water partition coefficient (Wildman–Crippen LogP) is 2.08. The Balaban J connectivity index is 2.14. The van der Waals surface area contributed by atoms with Crippen molar-refractivity contribution < 1.29 is 24.3 Å². The van der Waals surface area contributed by atoms with Crippen LogP contribution in [-0.4, -0.2) is 36.4 Å². The molecule has 0 fully saturated rings. The second kappa shape index (κ2) is 7.77. The molecule has 130 valence electrons. The number of hydrogen-bond donors (Lipinski definition) is 2. The predicted molar refractivity (Wildman–Crippen MR) is 89.4 cm³/mol. The number of ether oxygens (including phenoxy) is 2. The summed E-state index contributed by atoms with van der Waals surface area (Å²) in [7, 11) is 2.79. The highest BCUT2D eigenvalue weighted by molar-refractivity contribution is 5.95. The molecule has 2 N–H and O–H groups in total. The lowest BCUT2D eigenvalue weighted by Gasteiger charge is -2.05. The zero-order valence-corrected chi connectivity index (χ0v) is 13.4. The number of nitrogens with one attached hydrogen (secondary N) is 1. The number of methoxy groups -OCH3 is 2. The Morgan fingerprint density at radius 2 is 1.92 bits per heavy atom. The molecule has 0 radical (unpaired) electrons. The number of rotatable bonds is 6. The fourth-order valence-electron chi connectivity index (χ4n) is 1.96. The number of amides is 1. The molecule has 9 nitrogen and oxygen atoms in total. The summed E-state index contributed by atoms with van der Waals surface area (Å²) >= 11 is 0. The van der Waals surface area contributed by atoms with Crippen LogP contribution in [0.25, 0.3) is 0 Å². The Labute approximate surface area is 142 Å². The van der Waals surface area contributed by atoms with Gasteiger partial charge < -0.3 is 14.6 Å². The number of benzene rings is 2. The highest BCUT2D eigenvalue weighted by atomic mass is 16.6. The molecule has 0 heterocycles. The zero-order chi connectivity index (χ0) is 18.4. The maximum Gasteiger partial charge on any atom is 0.315 e. The number of phenols is 1. The van der Waals surface area contributed by atoms with Crippen LogP contribution < -0.4 is 14.9 Å². The van der Waals surface area contributed by atoms with Crippen LogP contribution in [0.15, 0.2) is 41.5 Å². The topological polar surface area (TPSA) is 123 Å². The van der Waals surface area contributed by atoms with Gasteiger partial charge in [-0.3, -0.25) is 14.9 Å². The molecule has 0 spiro atoms. The summed E-state index contributed by atoms with van der Waals surface area (Å²) in [6, 6.07) is 8.86. The monoisotopic (exact) mass is 345 g/mol. The number of nitrogens with zero attached hydrogens (tertiary/aromatic N) is 2. The number of hydrogen-bond acceptors (Lipinski definition) is 7. The van der Waals surface area contributed by atoms with Crippen molar-refractivity contribution in [2.45, 2.75) is 0 Å². The molecule has 0 unspecified atom stereocenters. The second-order valence-corrected chi connectivity index (χ2v) is 4.78. The van der Waals surface area contributed by atoms with E-state index >= 15 is 0 Å². The number of carbonyl (C=O) groups excluding carboxylic acids is 1. The minimum absolute atomic E-state index is 0.0721. The molecule has 2 rings (SSSR count). The van der Waals surface area contributed by atoms with E-state index in [0.717, 1.165) is 6.07 Å². The molecule has 2 aromatic carbocycles. The minimum atomic E-state index is -0.745. The Bertz CT molecular complexity index is 817. The summed E-state index contributed by atoms with van der Waals surface area (Å²) in [5, 5.41) is 24.4. The molecular weight excluding hydrogens is 330 g/mol. The standard InChI is InChI=1S/C16H15N3O6/c1-24-12-5-3-11(4-6-12)16(21)18-17-9-10-7-13(19(22)23)15(20)14(8-10)25-2/h3-9,20H,1-2H3,(H,18,21)/b17-9-. The molecule has 1 amide bonds. The largest absolute Gasteiger partial charge is 0.500 e. The van der Waals surface area contributed by atoms with Crippen molar-refractivity contribution in [2.75, 3.05) is 14.2 Å². The Morgan fingerprint density at radius 1 is 1.24 bits per heavy atom. The molecule has 0 bridgehead atoms. The SMILES string of the molecule is COc1ccc(C(=O)N/N=C\c2cc(OC)c(O)c([N+](=O)[O-])c2)cc1. The van der Waals surface area contributed by atoms with Crippen LogP contribution in [-0.2, 0) is 0 Å². The first-order valence-corrected chi connectivity index (χ1v) is 6.99. The third kappa shape index (κ3) is 4.22. The molecule has 25 heavy (non-hydrogen) atoms. The van der Waals surface area contributed by atoms with Gasteiger partial charge in [0.1, 0.15) is 5.75 Å². The van der Waals surface area contributed by atoms with Gasteiger partial charge in [-0.2, -0.15) is 5.10 Å². The van der Waals surface area contributed by atoms with Gasteiger partial charge in [-0.05, 0) is 30.3 Å². The highest BCUT2D eigenvalue weighted by Crippen LogP contribution is 2.36. The van der Waals surface area contributed by atoms with E-state index in [1.807, 2.05) is 0 Å². The molecule has 0 aliphatic rings. The van der Waals surface area contributed by atoms with Gasteiger partial charge in [-0.25, -0.2) is 5.43 Å². The van der Waals surface area contributed by atoms with E-state index < -0.39 is 22.3 Å². The van der Waals surface area contributed by atoms with E-state index in [1.54, 1.807) is 24.3 Å². The smallest absolute Gasteiger partial charge is 0.315 e. The first-order chi connectivity index (χ1) is 12.0. The van der Waals surface area contributed by atoms with Crippen LogP contribution in [0.4, 0.5) is 5.69 Å². The molecule has 0 aromatic heterocycles. The van der Waals surface area contributed by atoms with Crippen LogP contribution in [0.3, 0.4) is 0 Å². The second-order valence-electron chi connectivity index (χ2n) is 4.78. The van der Waals surface area contributed by atoms with Crippen LogP contribution >= 0.6 is 0 Å². The van der Waals surface area contributed by atoms with Crippen LogP contribution in [0.1, 0.15) is 15.9 Å². The summed E-state index contributed by atoms with van der Waals surface area (Å²) in [6.07, 6.45) is 1.20. The number of hydrazone groups is 1. The molecule has 0 saturated heterocycles. The van der Waals surface area contributed by atoms with E-state index in [0.29, 0.717) is 11.3 Å². The third-order valence-electron chi connectivity index (χ3n) is 3.23. The maximum atomic E-state index is 11.9. The lowest BCUT2D eigenvalue weighted by atomic mass is 10.2. The number of aromatic hydroxyl groups is 1. The third-order valence-corrected chi connectivity index (χ3v) is 3.23. The summed E-state index contributed by atoms with van der Waals surface area (Å²) in [5.74, 6) is -0.494. The van der Waals surface area contributed by atoms with Gasteiger partial charge in [0, 0.05) is 17.2 Å². The lowest BCUT2D eigenvalue weighted by molar-refractivity contribution is -0.386. The minimum Gasteiger partial charge on any atom is -0.500 e. The van der Waals surface area contributed by atoms with Crippen molar-refractivity contribution >= 4 is 17.8 Å². The summed E-state index contributed by atoms with van der Waals surface area (Å²) in [5.41, 5.74) is 2.42. The first-order valence-electron chi connectivity index (χ1n) is 6.99. The van der Waals surface area contributed by atoms with Crippen LogP contribution in [0.2, 0.25) is 0 Å². The van der Waals surface area contributed by atoms with Crippen molar-refractivity contribution in [1.82, 2.24) is 5.43 Å². The van der Waals surface area contributed by atoms with E-state index in [1.165, 1.54) is 26.5 Å². The average molecular weight is 345 g/mol. The van der Waals surface area contributed by atoms with E-state index in [2.05, 4.69) is 10.5 Å². The Kier molecular flexibility index (Phi) is 5.51. The number of phenolic OH excluding ortho intramolecular Hbond substituents is 1. The number of nitro benzene ring substituents is 1. The van der Waals surface area contributed by atoms with Crippen LogP contribution in [0.5, 0.6) is 17.2 Å². The van der Waals surface area contributed by atoms with Gasteiger partial charge >= 0.3 is 5.69 Å². The lowest BCUT2D eigenvalue weighted by Crippen LogP contribution is -2.17. The summed E-state index contributed by atoms with van der Waals surface area (Å²) in [4.78, 5) is 22.1. The Morgan fingerprint density at radius 3 is 2.48 bits per heavy atom. The molecule has 0 aliphatic heterocycles. The zero-order valence-electron chi connectivity index (χ0n) is 13.4. The van der Waals surface area contributed by atoms with E-state index in [9.17, 15) is 20.0 Å². The van der Waals surface area contributed by atoms with Crippen molar-refractivity contribution in [2.24, 2.45) is 5.10 Å². The van der Waals surface area contributed by atoms with Gasteiger partial charge in [0.05, 0.1) is 25.4 Å². The maximum absolute atomic E-state index is 11.9.